The van der Waals surface area contributed by atoms with Crippen molar-refractivity contribution in [2.45, 2.75) is 26.2 Å². The van der Waals surface area contributed by atoms with Gasteiger partial charge in [0.05, 0.1) is 23.9 Å². The molecule has 0 aromatic heterocycles. The number of Topliss-reactive ketones (excluding diaryl/α,β-unsaturated/α-hetero) is 1. The lowest BCUT2D eigenvalue weighted by molar-refractivity contribution is -0.385. The van der Waals surface area contributed by atoms with E-state index in [4.69, 9.17) is 4.74 Å². The first-order chi connectivity index (χ1) is 16.7. The number of nitrogens with zero attached hydrogens (tertiary/aromatic N) is 3. The monoisotopic (exact) mass is 479 g/mol. The Bertz CT molecular complexity index is 1210. The summed E-state index contributed by atoms with van der Waals surface area (Å²) in [4.78, 5) is 64.3. The number of imide groups is 1. The van der Waals surface area contributed by atoms with Crippen LogP contribution < -0.4 is 4.74 Å². The van der Waals surface area contributed by atoms with Crippen molar-refractivity contribution in [2.24, 2.45) is 17.8 Å². The number of amides is 3. The minimum absolute atomic E-state index is 0.204. The van der Waals surface area contributed by atoms with E-state index < -0.39 is 52.5 Å². The first kappa shape index (κ1) is 24.1. The van der Waals surface area contributed by atoms with Gasteiger partial charge in [0.25, 0.3) is 23.4 Å². The van der Waals surface area contributed by atoms with E-state index >= 15 is 0 Å². The number of hydrazine groups is 1. The maximum atomic E-state index is 13.6. The molecule has 182 valence electrons. The predicted octanol–water partition coefficient (Wildman–Crippen LogP) is 3.26. The molecule has 0 bridgehead atoms. The summed E-state index contributed by atoms with van der Waals surface area (Å²) in [5.74, 6) is -3.15. The van der Waals surface area contributed by atoms with Crippen LogP contribution in [0.25, 0.3) is 0 Å². The molecule has 4 rings (SSSR count). The number of carbonyl (C=O) groups is 4. The molecule has 3 atom stereocenters. The van der Waals surface area contributed by atoms with Crippen molar-refractivity contribution >= 4 is 29.2 Å². The Hall–Kier alpha value is -4.08. The van der Waals surface area contributed by atoms with Crippen LogP contribution in [0.15, 0.2) is 48.5 Å². The highest BCUT2D eigenvalue weighted by atomic mass is 16.6. The molecule has 1 aliphatic heterocycles. The quantitative estimate of drug-likeness (QED) is 0.258. The second kappa shape index (κ2) is 9.65. The Balaban J connectivity index is 1.74. The second-order valence-corrected chi connectivity index (χ2v) is 8.91. The molecule has 0 spiro atoms. The number of benzene rings is 2. The van der Waals surface area contributed by atoms with E-state index in [-0.39, 0.29) is 17.0 Å². The Morgan fingerprint density at radius 3 is 2.51 bits per heavy atom. The molecule has 0 N–H and O–H groups in total. The first-order valence-electron chi connectivity index (χ1n) is 11.3. The highest BCUT2D eigenvalue weighted by Crippen LogP contribution is 2.41. The van der Waals surface area contributed by atoms with Gasteiger partial charge in [0.1, 0.15) is 17.9 Å². The number of ketones is 1. The number of nitro benzene ring substituents is 1. The van der Waals surface area contributed by atoms with Gasteiger partial charge < -0.3 is 4.74 Å². The fourth-order valence-electron chi connectivity index (χ4n) is 4.82. The molecule has 3 amide bonds. The van der Waals surface area contributed by atoms with Crippen LogP contribution in [0.2, 0.25) is 0 Å². The second-order valence-electron chi connectivity index (χ2n) is 8.91. The summed E-state index contributed by atoms with van der Waals surface area (Å²) in [5.41, 5.74) is -0.601. The Morgan fingerprint density at radius 1 is 1.09 bits per heavy atom. The molecule has 10 heteroatoms. The van der Waals surface area contributed by atoms with E-state index in [1.807, 2.05) is 6.92 Å². The normalized spacial score (nSPS) is 21.4. The van der Waals surface area contributed by atoms with Gasteiger partial charge in [0.2, 0.25) is 0 Å². The van der Waals surface area contributed by atoms with Gasteiger partial charge in [0.15, 0.2) is 5.78 Å². The number of hydrogen-bond acceptors (Lipinski definition) is 7. The lowest BCUT2D eigenvalue weighted by atomic mass is 9.76. The number of fused-ring (bicyclic) bond motifs is 1. The molecule has 10 nitrogen and oxygen atoms in total. The van der Waals surface area contributed by atoms with Crippen LogP contribution in [0.3, 0.4) is 0 Å². The standard InChI is InChI=1S/C25H25N3O7/c1-15-10-11-18-20(12-15)25(32)27(24(18)31)26(14-22(29)16-6-5-7-17(13-16)35-2)23(30)19-8-3-4-9-21(19)28(33)34/h3-9,13,15,18,20H,10-12,14H2,1-2H3/t15-,18+,20+/m0/s1. The van der Waals surface area contributed by atoms with Crippen LogP contribution in [-0.2, 0) is 9.59 Å². The summed E-state index contributed by atoms with van der Waals surface area (Å²) >= 11 is 0. The lowest BCUT2D eigenvalue weighted by Gasteiger charge is -2.30. The molecule has 2 aromatic rings. The zero-order valence-corrected chi connectivity index (χ0v) is 19.4. The van der Waals surface area contributed by atoms with Crippen molar-refractivity contribution in [3.8, 4) is 5.75 Å². The largest absolute Gasteiger partial charge is 0.497 e. The summed E-state index contributed by atoms with van der Waals surface area (Å²) < 4.78 is 5.15. The number of hydrogen-bond donors (Lipinski definition) is 0. The average molecular weight is 479 g/mol. The van der Waals surface area contributed by atoms with Gasteiger partial charge in [0, 0.05) is 11.6 Å². The van der Waals surface area contributed by atoms with Crippen molar-refractivity contribution in [1.82, 2.24) is 10.0 Å². The zero-order valence-electron chi connectivity index (χ0n) is 19.4. The van der Waals surface area contributed by atoms with E-state index in [1.54, 1.807) is 12.1 Å². The zero-order chi connectivity index (χ0) is 25.3. The van der Waals surface area contributed by atoms with E-state index in [0.717, 1.165) is 22.5 Å². The smallest absolute Gasteiger partial charge is 0.282 e. The van der Waals surface area contributed by atoms with Gasteiger partial charge in [-0.2, -0.15) is 5.01 Å². The van der Waals surface area contributed by atoms with Crippen molar-refractivity contribution in [2.75, 3.05) is 13.7 Å². The molecule has 2 fully saturated rings. The van der Waals surface area contributed by atoms with E-state index in [9.17, 15) is 29.3 Å². The SMILES string of the molecule is COc1cccc(C(=O)CN(C(=O)c2ccccc2[N+](=O)[O-])N2C(=O)[C@@H]3CC[C@H](C)C[C@H]3C2=O)c1. The fraction of sp³-hybridized carbons (Fsp3) is 0.360. The summed E-state index contributed by atoms with van der Waals surface area (Å²) in [5, 5.41) is 13.1. The Labute approximate surface area is 201 Å². The summed E-state index contributed by atoms with van der Waals surface area (Å²) in [6, 6.07) is 11.5. The van der Waals surface area contributed by atoms with Crippen LogP contribution in [-0.4, -0.2) is 52.1 Å². The highest BCUT2D eigenvalue weighted by molar-refractivity contribution is 6.10. The van der Waals surface area contributed by atoms with Crippen LogP contribution >= 0.6 is 0 Å². The molecule has 0 radical (unpaired) electrons. The van der Waals surface area contributed by atoms with E-state index in [2.05, 4.69) is 0 Å². The highest BCUT2D eigenvalue weighted by Gasteiger charge is 2.53. The molecular weight excluding hydrogens is 454 g/mol. The third-order valence-corrected chi connectivity index (χ3v) is 6.66. The van der Waals surface area contributed by atoms with Crippen LogP contribution in [0.5, 0.6) is 5.75 Å². The maximum Gasteiger partial charge on any atom is 0.282 e. The molecule has 1 heterocycles. The molecular formula is C25H25N3O7. The number of para-hydroxylation sites is 1. The predicted molar refractivity (Wildman–Crippen MR) is 123 cm³/mol. The lowest BCUT2D eigenvalue weighted by Crippen LogP contribution is -2.52. The minimum Gasteiger partial charge on any atom is -0.497 e. The summed E-state index contributed by atoms with van der Waals surface area (Å²) in [6.07, 6.45) is 1.78. The van der Waals surface area contributed by atoms with E-state index in [0.29, 0.717) is 18.6 Å². The van der Waals surface area contributed by atoms with Crippen molar-refractivity contribution in [3.05, 3.63) is 69.8 Å². The van der Waals surface area contributed by atoms with Gasteiger partial charge in [-0.3, -0.25) is 29.3 Å². The molecule has 1 saturated carbocycles. The molecule has 2 aliphatic rings. The topological polar surface area (TPSA) is 127 Å². The van der Waals surface area contributed by atoms with Gasteiger partial charge in [-0.25, -0.2) is 5.01 Å². The molecule has 35 heavy (non-hydrogen) atoms. The summed E-state index contributed by atoms with van der Waals surface area (Å²) in [7, 11) is 1.44. The van der Waals surface area contributed by atoms with Crippen molar-refractivity contribution < 1.29 is 28.8 Å². The van der Waals surface area contributed by atoms with Gasteiger partial charge in [-0.1, -0.05) is 31.2 Å². The Morgan fingerprint density at radius 2 is 1.80 bits per heavy atom. The van der Waals surface area contributed by atoms with Gasteiger partial charge in [-0.15, -0.1) is 0 Å². The number of rotatable bonds is 7. The van der Waals surface area contributed by atoms with E-state index in [1.165, 1.54) is 37.4 Å². The van der Waals surface area contributed by atoms with Gasteiger partial charge >= 0.3 is 0 Å². The van der Waals surface area contributed by atoms with Crippen LogP contribution in [0.4, 0.5) is 5.69 Å². The fourth-order valence-corrected chi connectivity index (χ4v) is 4.82. The summed E-state index contributed by atoms with van der Waals surface area (Å²) in [6.45, 7) is 1.35. The third-order valence-electron chi connectivity index (χ3n) is 6.66. The van der Waals surface area contributed by atoms with Gasteiger partial charge in [-0.05, 0) is 43.4 Å². The number of nitro groups is 1. The van der Waals surface area contributed by atoms with Crippen molar-refractivity contribution in [3.63, 3.8) is 0 Å². The molecule has 2 aromatic carbocycles. The molecule has 1 aliphatic carbocycles. The molecule has 1 saturated heterocycles. The van der Waals surface area contributed by atoms with Crippen molar-refractivity contribution in [1.29, 1.82) is 0 Å². The first-order valence-corrected chi connectivity index (χ1v) is 11.3. The minimum atomic E-state index is -0.970. The number of carbonyl (C=O) groups excluding carboxylic acids is 4. The maximum absolute atomic E-state index is 13.6. The molecule has 0 unspecified atom stereocenters. The van der Waals surface area contributed by atoms with Crippen LogP contribution in [0.1, 0.15) is 46.9 Å². The van der Waals surface area contributed by atoms with Crippen LogP contribution in [0, 0.1) is 27.9 Å². The third kappa shape index (κ3) is 4.51. The average Bonchev–Trinajstić information content (AvgIpc) is 3.10. The number of ether oxygens (including phenoxy) is 1. The Kier molecular flexibility index (Phi) is 6.63. The number of methoxy groups -OCH3 is 1.